The molecule has 1 atom stereocenters. The maximum absolute atomic E-state index is 12.6. The Morgan fingerprint density at radius 2 is 2.11 bits per heavy atom. The van der Waals surface area contributed by atoms with Crippen molar-refractivity contribution in [3.8, 4) is 0 Å². The van der Waals surface area contributed by atoms with Gasteiger partial charge in [0.05, 0.1) is 11.6 Å². The normalized spacial score (nSPS) is 19.5. The molecule has 1 aromatic carbocycles. The Hall–Kier alpha value is -1.27. The van der Waals surface area contributed by atoms with E-state index in [0.29, 0.717) is 6.42 Å². The number of benzene rings is 1. The molecule has 104 valence electrons. The molecule has 7 heteroatoms. The van der Waals surface area contributed by atoms with Crippen molar-refractivity contribution >= 4 is 23.2 Å². The zero-order chi connectivity index (χ0) is 14.0. The fourth-order valence-electron chi connectivity index (χ4n) is 1.96. The van der Waals surface area contributed by atoms with Gasteiger partial charge in [-0.2, -0.15) is 13.2 Å². The number of nitrogens with one attached hydrogen (secondary N) is 2. The van der Waals surface area contributed by atoms with Crippen molar-refractivity contribution < 1.29 is 18.0 Å². The highest BCUT2D eigenvalue weighted by molar-refractivity contribution is 6.31. The van der Waals surface area contributed by atoms with Gasteiger partial charge in [0.1, 0.15) is 0 Å². The van der Waals surface area contributed by atoms with Crippen molar-refractivity contribution in [1.82, 2.24) is 5.32 Å². The number of alkyl halides is 3. The molecule has 1 amide bonds. The highest BCUT2D eigenvalue weighted by atomic mass is 35.5. The summed E-state index contributed by atoms with van der Waals surface area (Å²) < 4.78 is 37.8. The molecule has 2 rings (SSSR count). The van der Waals surface area contributed by atoms with Gasteiger partial charge in [-0.3, -0.25) is 4.79 Å². The lowest BCUT2D eigenvalue weighted by atomic mass is 10.1. The Balaban J connectivity index is 2.16. The average Bonchev–Trinajstić information content (AvgIpc) is 2.80. The molecule has 1 heterocycles. The van der Waals surface area contributed by atoms with Crippen LogP contribution in [0.2, 0.25) is 5.02 Å². The zero-order valence-corrected chi connectivity index (χ0v) is 10.6. The third-order valence-electron chi connectivity index (χ3n) is 2.87. The quantitative estimate of drug-likeness (QED) is 0.879. The van der Waals surface area contributed by atoms with Crippen LogP contribution in [0, 0.1) is 0 Å². The van der Waals surface area contributed by atoms with Gasteiger partial charge in [0, 0.05) is 10.7 Å². The maximum Gasteiger partial charge on any atom is 0.416 e. The van der Waals surface area contributed by atoms with E-state index in [1.807, 2.05) is 0 Å². The van der Waals surface area contributed by atoms with Gasteiger partial charge < -0.3 is 10.6 Å². The standard InChI is InChI=1S/C12H12ClF3N2O/c13-8-4-7(12(14,15)16)5-9(6-8)18-11(19)10-2-1-3-17-10/h4-6,10,17H,1-3H2,(H,18,19)/t10-/m0/s1. The van der Waals surface area contributed by atoms with Crippen LogP contribution >= 0.6 is 11.6 Å². The van der Waals surface area contributed by atoms with E-state index in [1.54, 1.807) is 0 Å². The summed E-state index contributed by atoms with van der Waals surface area (Å²) >= 11 is 5.63. The van der Waals surface area contributed by atoms with Crippen LogP contribution in [0.1, 0.15) is 18.4 Å². The molecule has 0 unspecified atom stereocenters. The van der Waals surface area contributed by atoms with E-state index in [-0.39, 0.29) is 22.7 Å². The predicted molar refractivity (Wildman–Crippen MR) is 66.1 cm³/mol. The highest BCUT2D eigenvalue weighted by Crippen LogP contribution is 2.33. The summed E-state index contributed by atoms with van der Waals surface area (Å²) in [6.07, 6.45) is -2.93. The van der Waals surface area contributed by atoms with Gasteiger partial charge in [0.2, 0.25) is 5.91 Å². The van der Waals surface area contributed by atoms with Crippen molar-refractivity contribution in [2.45, 2.75) is 25.1 Å². The van der Waals surface area contributed by atoms with Gasteiger partial charge in [0.25, 0.3) is 0 Å². The van der Waals surface area contributed by atoms with E-state index in [9.17, 15) is 18.0 Å². The second kappa shape index (κ2) is 5.38. The molecule has 0 bridgehead atoms. The van der Waals surface area contributed by atoms with Gasteiger partial charge >= 0.3 is 6.18 Å². The van der Waals surface area contributed by atoms with Crippen LogP contribution in [-0.4, -0.2) is 18.5 Å². The van der Waals surface area contributed by atoms with Crippen LogP contribution in [0.5, 0.6) is 0 Å². The van der Waals surface area contributed by atoms with Crippen molar-refractivity contribution in [2.75, 3.05) is 11.9 Å². The fourth-order valence-corrected chi connectivity index (χ4v) is 2.20. The number of carbonyl (C=O) groups is 1. The highest BCUT2D eigenvalue weighted by Gasteiger charge is 2.31. The lowest BCUT2D eigenvalue weighted by Gasteiger charge is -2.13. The second-order valence-corrected chi connectivity index (χ2v) is 4.80. The smallest absolute Gasteiger partial charge is 0.325 e. The Labute approximate surface area is 113 Å². The first-order valence-electron chi connectivity index (χ1n) is 5.78. The summed E-state index contributed by atoms with van der Waals surface area (Å²) in [6, 6.07) is 2.64. The van der Waals surface area contributed by atoms with E-state index in [4.69, 9.17) is 11.6 Å². The molecular formula is C12H12ClF3N2O. The Morgan fingerprint density at radius 1 is 1.37 bits per heavy atom. The first-order chi connectivity index (χ1) is 8.86. The van der Waals surface area contributed by atoms with Crippen molar-refractivity contribution in [3.63, 3.8) is 0 Å². The molecule has 0 spiro atoms. The number of anilines is 1. The van der Waals surface area contributed by atoms with Gasteiger partial charge in [0.15, 0.2) is 0 Å². The molecule has 19 heavy (non-hydrogen) atoms. The molecule has 1 aromatic rings. The molecule has 0 saturated carbocycles. The van der Waals surface area contributed by atoms with Crippen LogP contribution in [0.15, 0.2) is 18.2 Å². The van der Waals surface area contributed by atoms with E-state index >= 15 is 0 Å². The average molecular weight is 293 g/mol. The number of hydrogen-bond donors (Lipinski definition) is 2. The predicted octanol–water partition coefficient (Wildman–Crippen LogP) is 3.05. The molecule has 2 N–H and O–H groups in total. The number of carbonyl (C=O) groups excluding carboxylic acids is 1. The van der Waals surface area contributed by atoms with Crippen LogP contribution < -0.4 is 10.6 Å². The molecule has 1 saturated heterocycles. The Kier molecular flexibility index (Phi) is 4.01. The molecule has 0 radical (unpaired) electrons. The third kappa shape index (κ3) is 3.61. The number of halogens is 4. The third-order valence-corrected chi connectivity index (χ3v) is 3.09. The summed E-state index contributed by atoms with van der Waals surface area (Å²) in [4.78, 5) is 11.8. The largest absolute Gasteiger partial charge is 0.416 e. The first-order valence-corrected chi connectivity index (χ1v) is 6.16. The lowest BCUT2D eigenvalue weighted by molar-refractivity contribution is -0.137. The van der Waals surface area contributed by atoms with E-state index < -0.39 is 11.7 Å². The summed E-state index contributed by atoms with van der Waals surface area (Å²) in [5, 5.41) is 5.35. The minimum absolute atomic E-state index is 0.0542. The molecule has 3 nitrogen and oxygen atoms in total. The minimum Gasteiger partial charge on any atom is -0.325 e. The van der Waals surface area contributed by atoms with Crippen LogP contribution in [0.25, 0.3) is 0 Å². The number of rotatable bonds is 2. The maximum atomic E-state index is 12.6. The molecular weight excluding hydrogens is 281 g/mol. The van der Waals surface area contributed by atoms with Crippen molar-refractivity contribution in [2.24, 2.45) is 0 Å². The van der Waals surface area contributed by atoms with E-state index in [2.05, 4.69) is 10.6 Å². The monoisotopic (exact) mass is 292 g/mol. The summed E-state index contributed by atoms with van der Waals surface area (Å²) in [7, 11) is 0. The number of hydrogen-bond acceptors (Lipinski definition) is 2. The topological polar surface area (TPSA) is 41.1 Å². The van der Waals surface area contributed by atoms with Gasteiger partial charge in [-0.25, -0.2) is 0 Å². The summed E-state index contributed by atoms with van der Waals surface area (Å²) in [6.45, 7) is 0.738. The molecule has 1 fully saturated rings. The lowest BCUT2D eigenvalue weighted by Crippen LogP contribution is -2.35. The second-order valence-electron chi connectivity index (χ2n) is 4.36. The SMILES string of the molecule is O=C(Nc1cc(Cl)cc(C(F)(F)F)c1)[C@@H]1CCCN1. The van der Waals surface area contributed by atoms with Crippen molar-refractivity contribution in [3.05, 3.63) is 28.8 Å². The molecule has 0 aromatic heterocycles. The van der Waals surface area contributed by atoms with Gasteiger partial charge in [-0.15, -0.1) is 0 Å². The molecule has 1 aliphatic rings. The molecule has 1 aliphatic heterocycles. The van der Waals surface area contributed by atoms with E-state index in [0.717, 1.165) is 25.1 Å². The molecule has 0 aliphatic carbocycles. The van der Waals surface area contributed by atoms with Gasteiger partial charge in [-0.1, -0.05) is 11.6 Å². The Bertz CT molecular complexity index is 484. The zero-order valence-electron chi connectivity index (χ0n) is 9.85. The summed E-state index contributed by atoms with van der Waals surface area (Å²) in [5.41, 5.74) is -0.826. The summed E-state index contributed by atoms with van der Waals surface area (Å²) in [5.74, 6) is -0.340. The van der Waals surface area contributed by atoms with Crippen LogP contribution in [0.3, 0.4) is 0 Å². The fraction of sp³-hybridized carbons (Fsp3) is 0.417. The first kappa shape index (κ1) is 14.1. The Morgan fingerprint density at radius 3 is 2.68 bits per heavy atom. The van der Waals surface area contributed by atoms with Crippen LogP contribution in [0.4, 0.5) is 18.9 Å². The van der Waals surface area contributed by atoms with Crippen molar-refractivity contribution in [1.29, 1.82) is 0 Å². The van der Waals surface area contributed by atoms with Crippen LogP contribution in [-0.2, 0) is 11.0 Å². The number of amides is 1. The van der Waals surface area contributed by atoms with E-state index in [1.165, 1.54) is 6.07 Å². The van der Waals surface area contributed by atoms with Gasteiger partial charge in [-0.05, 0) is 37.6 Å². The minimum atomic E-state index is -4.49.